The Morgan fingerprint density at radius 2 is 1.23 bits per heavy atom. The Morgan fingerprint density at radius 3 is 1.77 bits per heavy atom. The van der Waals surface area contributed by atoms with Gasteiger partial charge in [0, 0.05) is 11.1 Å². The molecular weight excluding hydrogens is 462 g/mol. The van der Waals surface area contributed by atoms with E-state index in [0.717, 1.165) is 17.4 Å². The molecule has 0 atom stereocenters. The lowest BCUT2D eigenvalue weighted by Crippen LogP contribution is -2.70. The van der Waals surface area contributed by atoms with Crippen molar-refractivity contribution in [1.29, 1.82) is 0 Å². The second-order valence-electron chi connectivity index (χ2n) is 6.20. The van der Waals surface area contributed by atoms with E-state index < -0.39 is 47.6 Å². The van der Waals surface area contributed by atoms with E-state index in [9.17, 15) is 57.5 Å². The normalized spacial score (nSPS) is 14.2. The first-order valence-corrected chi connectivity index (χ1v) is 7.89. The number of alkyl halides is 12. The molecule has 0 aromatic heterocycles. The van der Waals surface area contributed by atoms with E-state index in [1.807, 2.05) is 0 Å². The number of carbonyl (C=O) groups is 1. The van der Waals surface area contributed by atoms with Gasteiger partial charge in [0.05, 0.1) is 0 Å². The molecule has 0 aliphatic carbocycles. The molecule has 0 spiro atoms. The second kappa shape index (κ2) is 7.48. The molecule has 1 N–H and O–H groups in total. The van der Waals surface area contributed by atoms with Gasteiger partial charge in [0.15, 0.2) is 0 Å². The first kappa shape index (κ1) is 24.6. The van der Waals surface area contributed by atoms with Gasteiger partial charge in [-0.05, 0) is 11.5 Å². The van der Waals surface area contributed by atoms with E-state index in [1.165, 1.54) is 30.3 Å². The topological polar surface area (TPSA) is 29.1 Å². The summed E-state index contributed by atoms with van der Waals surface area (Å²) in [7, 11) is 0. The fourth-order valence-corrected chi connectivity index (χ4v) is 2.42. The molecule has 2 aromatic rings. The molecule has 172 valence electrons. The summed E-state index contributed by atoms with van der Waals surface area (Å²) in [5, 5.41) is 1.33. The van der Waals surface area contributed by atoms with Crippen LogP contribution in [0.5, 0.6) is 0 Å². The Labute approximate surface area is 164 Å². The lowest BCUT2D eigenvalue weighted by Gasteiger charge is -2.38. The summed E-state index contributed by atoms with van der Waals surface area (Å²) < 4.78 is 158. The van der Waals surface area contributed by atoms with Crippen molar-refractivity contribution < 1.29 is 57.5 Å². The van der Waals surface area contributed by atoms with Gasteiger partial charge >= 0.3 is 41.9 Å². The van der Waals surface area contributed by atoms with Gasteiger partial charge in [0.1, 0.15) is 0 Å². The van der Waals surface area contributed by atoms with Gasteiger partial charge in [0.2, 0.25) is 0 Å². The zero-order valence-electron chi connectivity index (χ0n) is 14.6. The van der Waals surface area contributed by atoms with Crippen LogP contribution in [0.25, 0.3) is 10.8 Å². The predicted octanol–water partition coefficient (Wildman–Crippen LogP) is 6.22. The minimum Gasteiger partial charge on any atom is -0.320 e. The van der Waals surface area contributed by atoms with Crippen LogP contribution in [0.2, 0.25) is 0 Å². The lowest BCUT2D eigenvalue weighted by molar-refractivity contribution is -0.406. The molecule has 0 heterocycles. The molecule has 0 unspecified atom stereocenters. The van der Waals surface area contributed by atoms with Crippen LogP contribution in [0.3, 0.4) is 0 Å². The van der Waals surface area contributed by atoms with Crippen molar-refractivity contribution in [1.82, 2.24) is 0 Å². The quantitative estimate of drug-likeness (QED) is 0.478. The highest BCUT2D eigenvalue weighted by Crippen LogP contribution is 2.58. The van der Waals surface area contributed by atoms with Crippen LogP contribution >= 0.6 is 0 Å². The van der Waals surface area contributed by atoms with Crippen molar-refractivity contribution in [2.24, 2.45) is 0 Å². The average Bonchev–Trinajstić information content (AvgIpc) is 2.67. The van der Waals surface area contributed by atoms with Gasteiger partial charge in [-0.15, -0.1) is 0 Å². The Hall–Kier alpha value is -2.67. The van der Waals surface area contributed by atoms with Crippen LogP contribution < -0.4 is 5.32 Å². The molecule has 0 fully saturated rings. The smallest absolute Gasteiger partial charge is 0.320 e. The summed E-state index contributed by atoms with van der Waals surface area (Å²) in [5.74, 6) is -40.0. The SMILES string of the molecule is O=C(Nc1cccc2ccccc12)C(F)(F)C(F)(F)C(F)(F)C(F)(F)C(F)(F)C(F)F. The standard InChI is InChI=1S/C17H9F12NO/c18-11(19)13(20,21)15(24,25)17(28,29)16(26,27)14(22,23)12(31)30-10-7-3-5-8-4-1-2-6-9(8)10/h1-7,11H,(H,30,31). The molecule has 0 bridgehead atoms. The Morgan fingerprint density at radius 1 is 0.710 bits per heavy atom. The van der Waals surface area contributed by atoms with Crippen LogP contribution in [0.4, 0.5) is 58.4 Å². The molecule has 0 saturated carbocycles. The summed E-state index contributed by atoms with van der Waals surface area (Å²) in [6.45, 7) is 0. The molecule has 31 heavy (non-hydrogen) atoms. The number of halogens is 12. The van der Waals surface area contributed by atoms with Crippen LogP contribution in [0.1, 0.15) is 0 Å². The monoisotopic (exact) mass is 471 g/mol. The maximum absolute atomic E-state index is 13.9. The number of rotatable bonds is 7. The summed E-state index contributed by atoms with van der Waals surface area (Å²) in [6.07, 6.45) is -5.61. The van der Waals surface area contributed by atoms with E-state index in [-0.39, 0.29) is 10.8 Å². The number of anilines is 1. The predicted molar refractivity (Wildman–Crippen MR) is 83.3 cm³/mol. The number of amides is 1. The number of carbonyl (C=O) groups excluding carboxylic acids is 1. The van der Waals surface area contributed by atoms with Gasteiger partial charge < -0.3 is 5.32 Å². The molecule has 1 amide bonds. The third-order valence-corrected chi connectivity index (χ3v) is 4.20. The zero-order valence-corrected chi connectivity index (χ0v) is 14.6. The van der Waals surface area contributed by atoms with Gasteiger partial charge in [-0.25, -0.2) is 8.78 Å². The van der Waals surface area contributed by atoms with Crippen LogP contribution in [0, 0.1) is 0 Å². The fraction of sp³-hybridized carbons (Fsp3) is 0.353. The number of benzene rings is 2. The Balaban J connectivity index is 2.47. The third kappa shape index (κ3) is 3.55. The van der Waals surface area contributed by atoms with E-state index in [0.29, 0.717) is 0 Å². The van der Waals surface area contributed by atoms with Crippen molar-refractivity contribution in [2.75, 3.05) is 5.32 Å². The second-order valence-corrected chi connectivity index (χ2v) is 6.20. The zero-order chi connectivity index (χ0) is 24.0. The van der Waals surface area contributed by atoms with Gasteiger partial charge in [0.25, 0.3) is 0 Å². The number of nitrogens with one attached hydrogen (secondary N) is 1. The number of hydrogen-bond acceptors (Lipinski definition) is 1. The molecule has 2 rings (SSSR count). The van der Waals surface area contributed by atoms with E-state index in [2.05, 4.69) is 0 Å². The molecule has 0 saturated heterocycles. The molecule has 0 aliphatic heterocycles. The molecule has 2 nitrogen and oxygen atoms in total. The Bertz CT molecular complexity index is 967. The average molecular weight is 471 g/mol. The third-order valence-electron chi connectivity index (χ3n) is 4.20. The summed E-state index contributed by atoms with van der Waals surface area (Å²) >= 11 is 0. The maximum atomic E-state index is 13.9. The molecule has 14 heteroatoms. The van der Waals surface area contributed by atoms with Crippen molar-refractivity contribution >= 4 is 22.4 Å². The minimum atomic E-state index is -7.76. The van der Waals surface area contributed by atoms with Gasteiger partial charge in [-0.2, -0.15) is 43.9 Å². The highest BCUT2D eigenvalue weighted by atomic mass is 19.4. The van der Waals surface area contributed by atoms with Crippen molar-refractivity contribution in [3.8, 4) is 0 Å². The fourth-order valence-electron chi connectivity index (χ4n) is 2.42. The van der Waals surface area contributed by atoms with E-state index >= 15 is 0 Å². The van der Waals surface area contributed by atoms with Crippen LogP contribution in [-0.2, 0) is 4.79 Å². The van der Waals surface area contributed by atoms with Gasteiger partial charge in [-0.1, -0.05) is 36.4 Å². The van der Waals surface area contributed by atoms with Crippen molar-refractivity contribution in [2.45, 2.75) is 36.0 Å². The Kier molecular flexibility index (Phi) is 5.94. The molecule has 0 radical (unpaired) electrons. The van der Waals surface area contributed by atoms with E-state index in [1.54, 1.807) is 0 Å². The van der Waals surface area contributed by atoms with Crippen molar-refractivity contribution in [3.05, 3.63) is 42.5 Å². The molecule has 2 aromatic carbocycles. The van der Waals surface area contributed by atoms with Crippen LogP contribution in [-0.4, -0.2) is 41.9 Å². The summed E-state index contributed by atoms with van der Waals surface area (Å²) in [4.78, 5) is 11.6. The summed E-state index contributed by atoms with van der Waals surface area (Å²) in [6, 6.07) is 8.69. The maximum Gasteiger partial charge on any atom is 0.393 e. The minimum absolute atomic E-state index is 0.0567. The number of hydrogen-bond donors (Lipinski definition) is 1. The van der Waals surface area contributed by atoms with E-state index in [4.69, 9.17) is 0 Å². The highest BCUT2D eigenvalue weighted by Gasteiger charge is 2.89. The molecular formula is C17H9F12NO. The van der Waals surface area contributed by atoms with Crippen LogP contribution in [0.15, 0.2) is 42.5 Å². The summed E-state index contributed by atoms with van der Waals surface area (Å²) in [5.41, 5.74) is -0.633. The largest absolute Gasteiger partial charge is 0.393 e. The number of fused-ring (bicyclic) bond motifs is 1. The highest BCUT2D eigenvalue weighted by molar-refractivity contribution is 6.04. The lowest BCUT2D eigenvalue weighted by atomic mass is 9.94. The first-order valence-electron chi connectivity index (χ1n) is 7.89. The van der Waals surface area contributed by atoms with Crippen molar-refractivity contribution in [3.63, 3.8) is 0 Å². The molecule has 0 aliphatic rings. The first-order chi connectivity index (χ1) is 13.9. The van der Waals surface area contributed by atoms with Gasteiger partial charge in [-0.3, -0.25) is 4.79 Å².